The molecule has 1 unspecified atom stereocenters. The van der Waals surface area contributed by atoms with Crippen molar-refractivity contribution in [3.63, 3.8) is 0 Å². The maximum atomic E-state index is 11.6. The second kappa shape index (κ2) is 6.12. The molecule has 4 N–H and O–H groups in total. The van der Waals surface area contributed by atoms with E-state index >= 15 is 0 Å². The molecule has 1 atom stereocenters. The fourth-order valence-corrected chi connectivity index (χ4v) is 1.14. The molecule has 1 rings (SSSR count). The molecule has 0 radical (unpaired) electrons. The molecule has 1 aromatic heterocycles. The number of aromatic hydroxyl groups is 2. The molecule has 7 heteroatoms. The summed E-state index contributed by atoms with van der Waals surface area (Å²) < 4.78 is 5.56. The first kappa shape index (κ1) is 13.3. The van der Waals surface area contributed by atoms with Gasteiger partial charge in [0.2, 0.25) is 11.8 Å². The zero-order valence-electron chi connectivity index (χ0n) is 9.50. The lowest BCUT2D eigenvalue weighted by molar-refractivity contribution is -0.150. The first-order chi connectivity index (χ1) is 8.06. The maximum absolute atomic E-state index is 11.6. The number of aromatic nitrogens is 1. The smallest absolute Gasteiger partial charge is 0.336 e. The predicted molar refractivity (Wildman–Crippen MR) is 58.1 cm³/mol. The standard InChI is InChI=1S/C10H16N2O5/c1-7(4-5-16-6-11)10(15)17-12-8(13)2-3-9(12)14/h2-3,7,13-14H,4-6,11H2,1H3. The third kappa shape index (κ3) is 3.65. The average molecular weight is 244 g/mol. The first-order valence-electron chi connectivity index (χ1n) is 5.16. The lowest BCUT2D eigenvalue weighted by atomic mass is 10.1. The minimum atomic E-state index is -0.576. The Labute approximate surface area is 98.3 Å². The SMILES string of the molecule is CC(CCOCN)C(=O)On1c(O)ccc1O. The molecular formula is C10H16N2O5. The quantitative estimate of drug-likeness (QED) is 0.473. The third-order valence-electron chi connectivity index (χ3n) is 2.19. The van der Waals surface area contributed by atoms with Crippen molar-refractivity contribution in [2.75, 3.05) is 13.3 Å². The molecule has 0 bridgehead atoms. The van der Waals surface area contributed by atoms with Gasteiger partial charge in [0.25, 0.3) is 0 Å². The van der Waals surface area contributed by atoms with Gasteiger partial charge in [-0.25, -0.2) is 4.79 Å². The second-order valence-electron chi connectivity index (χ2n) is 3.52. The Bertz CT molecular complexity index is 357. The Kier molecular flexibility index (Phi) is 4.80. The zero-order valence-corrected chi connectivity index (χ0v) is 9.50. The molecule has 0 aliphatic carbocycles. The number of carbonyl (C=O) groups is 1. The summed E-state index contributed by atoms with van der Waals surface area (Å²) >= 11 is 0. The van der Waals surface area contributed by atoms with Crippen molar-refractivity contribution in [1.82, 2.24) is 4.73 Å². The average Bonchev–Trinajstić information content (AvgIpc) is 2.61. The van der Waals surface area contributed by atoms with E-state index in [1.165, 1.54) is 12.1 Å². The summed E-state index contributed by atoms with van der Waals surface area (Å²) in [6.07, 6.45) is 0.443. The van der Waals surface area contributed by atoms with Crippen molar-refractivity contribution < 1.29 is 24.6 Å². The monoisotopic (exact) mass is 244 g/mol. The first-order valence-corrected chi connectivity index (χ1v) is 5.16. The molecule has 0 saturated carbocycles. The molecule has 0 spiro atoms. The fourth-order valence-electron chi connectivity index (χ4n) is 1.14. The molecule has 17 heavy (non-hydrogen) atoms. The minimum absolute atomic E-state index is 0.0982. The zero-order chi connectivity index (χ0) is 12.8. The Hall–Kier alpha value is -1.73. The summed E-state index contributed by atoms with van der Waals surface area (Å²) in [5.41, 5.74) is 5.13. The van der Waals surface area contributed by atoms with Crippen LogP contribution in [0.1, 0.15) is 13.3 Å². The molecule has 0 saturated heterocycles. The highest BCUT2D eigenvalue weighted by Crippen LogP contribution is 2.19. The van der Waals surface area contributed by atoms with Gasteiger partial charge in [0.15, 0.2) is 0 Å². The summed E-state index contributed by atoms with van der Waals surface area (Å²) in [5, 5.41) is 18.5. The Morgan fingerprint density at radius 3 is 2.59 bits per heavy atom. The van der Waals surface area contributed by atoms with Crippen LogP contribution in [0.5, 0.6) is 11.8 Å². The van der Waals surface area contributed by atoms with Gasteiger partial charge < -0.3 is 25.5 Å². The van der Waals surface area contributed by atoms with E-state index in [0.29, 0.717) is 17.8 Å². The summed E-state index contributed by atoms with van der Waals surface area (Å²) in [5.74, 6) is -1.70. The number of rotatable bonds is 6. The van der Waals surface area contributed by atoms with Gasteiger partial charge in [0, 0.05) is 18.7 Å². The fraction of sp³-hybridized carbons (Fsp3) is 0.500. The molecule has 0 aliphatic rings. The summed E-state index contributed by atoms with van der Waals surface area (Å²) in [4.78, 5) is 16.4. The number of nitrogens with two attached hydrogens (primary N) is 1. The third-order valence-corrected chi connectivity index (χ3v) is 2.19. The van der Waals surface area contributed by atoms with E-state index in [4.69, 9.17) is 15.3 Å². The van der Waals surface area contributed by atoms with E-state index in [1.54, 1.807) is 6.92 Å². The van der Waals surface area contributed by atoms with E-state index < -0.39 is 11.9 Å². The van der Waals surface area contributed by atoms with Crippen LogP contribution in [0.4, 0.5) is 0 Å². The van der Waals surface area contributed by atoms with Crippen molar-refractivity contribution >= 4 is 5.97 Å². The summed E-state index contributed by atoms with van der Waals surface area (Å²) in [7, 11) is 0. The normalized spacial score (nSPS) is 12.4. The highest BCUT2D eigenvalue weighted by atomic mass is 16.7. The molecule has 0 aliphatic heterocycles. The number of ether oxygens (including phenoxy) is 1. The molecule has 0 amide bonds. The van der Waals surface area contributed by atoms with Crippen LogP contribution in [0.2, 0.25) is 0 Å². The van der Waals surface area contributed by atoms with Crippen molar-refractivity contribution in [1.29, 1.82) is 0 Å². The van der Waals surface area contributed by atoms with Crippen LogP contribution in [0.3, 0.4) is 0 Å². The van der Waals surface area contributed by atoms with Crippen LogP contribution in [0.15, 0.2) is 12.1 Å². The Morgan fingerprint density at radius 1 is 1.47 bits per heavy atom. The number of nitrogens with zero attached hydrogens (tertiary/aromatic N) is 1. The van der Waals surface area contributed by atoms with E-state index in [0.717, 1.165) is 0 Å². The Balaban J connectivity index is 2.48. The van der Waals surface area contributed by atoms with Crippen molar-refractivity contribution in [3.05, 3.63) is 12.1 Å². The van der Waals surface area contributed by atoms with Gasteiger partial charge in [-0.3, -0.25) is 0 Å². The molecule has 1 aromatic rings. The summed E-state index contributed by atoms with van der Waals surface area (Å²) in [6, 6.07) is 2.43. The van der Waals surface area contributed by atoms with E-state index in [9.17, 15) is 15.0 Å². The number of hydrogen-bond donors (Lipinski definition) is 3. The molecule has 96 valence electrons. The van der Waals surface area contributed by atoms with Crippen molar-refractivity contribution in [3.8, 4) is 11.8 Å². The van der Waals surface area contributed by atoms with Gasteiger partial charge in [-0.15, -0.1) is 4.73 Å². The maximum Gasteiger partial charge on any atom is 0.336 e. The highest BCUT2D eigenvalue weighted by molar-refractivity contribution is 5.72. The molecular weight excluding hydrogens is 228 g/mol. The van der Waals surface area contributed by atoms with Gasteiger partial charge in [0.05, 0.1) is 12.6 Å². The second-order valence-corrected chi connectivity index (χ2v) is 3.52. The van der Waals surface area contributed by atoms with Crippen LogP contribution in [-0.4, -0.2) is 34.3 Å². The predicted octanol–water partition coefficient (Wildman–Crippen LogP) is -0.187. The molecule has 1 heterocycles. The molecule has 7 nitrogen and oxygen atoms in total. The van der Waals surface area contributed by atoms with Crippen LogP contribution >= 0.6 is 0 Å². The molecule has 0 aromatic carbocycles. The summed E-state index contributed by atoms with van der Waals surface area (Å²) in [6.45, 7) is 2.09. The highest BCUT2D eigenvalue weighted by Gasteiger charge is 2.18. The lowest BCUT2D eigenvalue weighted by Crippen LogP contribution is -2.26. The van der Waals surface area contributed by atoms with Gasteiger partial charge >= 0.3 is 5.97 Å². The van der Waals surface area contributed by atoms with Crippen molar-refractivity contribution in [2.24, 2.45) is 11.7 Å². The van der Waals surface area contributed by atoms with Crippen molar-refractivity contribution in [2.45, 2.75) is 13.3 Å². The van der Waals surface area contributed by atoms with Crippen LogP contribution in [-0.2, 0) is 9.53 Å². The van der Waals surface area contributed by atoms with Crippen LogP contribution in [0.25, 0.3) is 0 Å². The van der Waals surface area contributed by atoms with Crippen LogP contribution < -0.4 is 10.6 Å². The van der Waals surface area contributed by atoms with Gasteiger partial charge in [-0.1, -0.05) is 6.92 Å². The van der Waals surface area contributed by atoms with Gasteiger partial charge in [-0.05, 0) is 6.42 Å². The largest absolute Gasteiger partial charge is 0.492 e. The lowest BCUT2D eigenvalue weighted by Gasteiger charge is -2.11. The van der Waals surface area contributed by atoms with E-state index in [-0.39, 0.29) is 18.5 Å². The topological polar surface area (TPSA) is 107 Å². The number of hydrogen-bond acceptors (Lipinski definition) is 6. The minimum Gasteiger partial charge on any atom is -0.492 e. The molecule has 0 fully saturated rings. The Morgan fingerprint density at radius 2 is 2.06 bits per heavy atom. The van der Waals surface area contributed by atoms with E-state index in [1.807, 2.05) is 0 Å². The van der Waals surface area contributed by atoms with Gasteiger partial charge in [0.1, 0.15) is 0 Å². The van der Waals surface area contributed by atoms with Gasteiger partial charge in [-0.2, -0.15) is 0 Å². The number of carbonyl (C=O) groups excluding carboxylic acids is 1. The van der Waals surface area contributed by atoms with E-state index in [2.05, 4.69) is 0 Å². The van der Waals surface area contributed by atoms with Crippen LogP contribution in [0, 0.1) is 5.92 Å².